The van der Waals surface area contributed by atoms with Crippen LogP contribution < -0.4 is 10.6 Å². The van der Waals surface area contributed by atoms with Crippen molar-refractivity contribution in [2.75, 3.05) is 25.5 Å². The van der Waals surface area contributed by atoms with E-state index >= 15 is 0 Å². The Morgan fingerprint density at radius 1 is 1.50 bits per heavy atom. The third kappa shape index (κ3) is 3.94. The Morgan fingerprint density at radius 3 is 2.75 bits per heavy atom. The minimum Gasteiger partial charge on any atom is -0.359 e. The van der Waals surface area contributed by atoms with Gasteiger partial charge in [0.1, 0.15) is 5.76 Å². The number of anilines is 1. The molecule has 1 saturated heterocycles. The van der Waals surface area contributed by atoms with Crippen molar-refractivity contribution in [2.24, 2.45) is 0 Å². The van der Waals surface area contributed by atoms with Crippen LogP contribution in [0.25, 0.3) is 0 Å². The second kappa shape index (κ2) is 6.71. The van der Waals surface area contributed by atoms with Gasteiger partial charge in [-0.3, -0.25) is 5.32 Å². The fourth-order valence-electron chi connectivity index (χ4n) is 2.14. The minimum absolute atomic E-state index is 0.165. The van der Waals surface area contributed by atoms with Crippen LogP contribution in [0.1, 0.15) is 38.4 Å². The van der Waals surface area contributed by atoms with Crippen LogP contribution in [0.5, 0.6) is 0 Å². The van der Waals surface area contributed by atoms with Crippen LogP contribution in [0.15, 0.2) is 10.6 Å². The van der Waals surface area contributed by atoms with Crippen molar-refractivity contribution in [1.82, 2.24) is 15.5 Å². The highest BCUT2D eigenvalue weighted by Crippen LogP contribution is 2.17. The molecule has 1 aromatic heterocycles. The molecule has 1 aliphatic rings. The number of nitrogens with zero attached hydrogens (tertiary/aromatic N) is 2. The monoisotopic (exact) mass is 282 g/mol. The van der Waals surface area contributed by atoms with Crippen molar-refractivity contribution in [3.05, 3.63) is 11.8 Å². The molecule has 2 rings (SSSR count). The molecule has 0 aliphatic carbocycles. The Bertz CT molecular complexity index is 439. The maximum absolute atomic E-state index is 11.9. The van der Waals surface area contributed by atoms with Crippen molar-refractivity contribution in [1.29, 1.82) is 0 Å². The number of urea groups is 1. The molecule has 0 radical (unpaired) electrons. The predicted molar refractivity (Wildman–Crippen MR) is 74.4 cm³/mol. The highest BCUT2D eigenvalue weighted by molar-refractivity contribution is 5.88. The van der Waals surface area contributed by atoms with Crippen molar-refractivity contribution < 1.29 is 14.2 Å². The van der Waals surface area contributed by atoms with Gasteiger partial charge in [-0.25, -0.2) is 4.79 Å². The molecule has 2 heterocycles. The first kappa shape index (κ1) is 14.8. The summed E-state index contributed by atoms with van der Waals surface area (Å²) in [5, 5.41) is 11.3. The summed E-state index contributed by atoms with van der Waals surface area (Å²) < 4.78 is 5.13. The van der Waals surface area contributed by atoms with E-state index in [1.54, 1.807) is 13.2 Å². The number of hydrogen-bond acceptors (Lipinski definition) is 5. The molecule has 20 heavy (non-hydrogen) atoms. The highest BCUT2D eigenvalue weighted by Gasteiger charge is 2.21. The molecule has 1 aromatic rings. The first-order valence-corrected chi connectivity index (χ1v) is 6.91. The minimum atomic E-state index is -0.246. The third-order valence-electron chi connectivity index (χ3n) is 3.39. The maximum atomic E-state index is 11.9. The van der Waals surface area contributed by atoms with Crippen molar-refractivity contribution in [3.8, 4) is 0 Å². The van der Waals surface area contributed by atoms with E-state index in [0.29, 0.717) is 5.82 Å². The van der Waals surface area contributed by atoms with Crippen molar-refractivity contribution >= 4 is 11.8 Å². The summed E-state index contributed by atoms with van der Waals surface area (Å²) in [5.41, 5.74) is 0. The van der Waals surface area contributed by atoms with Gasteiger partial charge in [-0.2, -0.15) is 5.06 Å². The van der Waals surface area contributed by atoms with Crippen molar-refractivity contribution in [2.45, 2.75) is 38.6 Å². The van der Waals surface area contributed by atoms with Crippen LogP contribution in [-0.4, -0.2) is 42.5 Å². The second-order valence-corrected chi connectivity index (χ2v) is 5.25. The van der Waals surface area contributed by atoms with Gasteiger partial charge in [0.2, 0.25) is 0 Å². The zero-order valence-corrected chi connectivity index (χ0v) is 12.2. The summed E-state index contributed by atoms with van der Waals surface area (Å²) in [6, 6.07) is 1.67. The number of hydroxylamine groups is 2. The van der Waals surface area contributed by atoms with Gasteiger partial charge < -0.3 is 14.7 Å². The largest absolute Gasteiger partial charge is 0.359 e. The molecule has 0 saturated carbocycles. The number of amides is 2. The Morgan fingerprint density at radius 2 is 2.20 bits per heavy atom. The molecule has 7 heteroatoms. The number of piperidine rings is 1. The van der Waals surface area contributed by atoms with Gasteiger partial charge in [-0.1, -0.05) is 19.0 Å². The van der Waals surface area contributed by atoms with Crippen LogP contribution in [0, 0.1) is 0 Å². The second-order valence-electron chi connectivity index (χ2n) is 5.25. The van der Waals surface area contributed by atoms with Gasteiger partial charge >= 0.3 is 6.03 Å². The quantitative estimate of drug-likeness (QED) is 0.882. The molecule has 1 aliphatic heterocycles. The van der Waals surface area contributed by atoms with Gasteiger partial charge in [0.25, 0.3) is 0 Å². The number of carbonyl (C=O) groups is 1. The molecule has 0 bridgehead atoms. The van der Waals surface area contributed by atoms with Gasteiger partial charge in [0.15, 0.2) is 5.82 Å². The molecular weight excluding hydrogens is 260 g/mol. The fraction of sp³-hybridized carbons (Fsp3) is 0.692. The van der Waals surface area contributed by atoms with Crippen LogP contribution in [0.2, 0.25) is 0 Å². The van der Waals surface area contributed by atoms with Gasteiger partial charge in [0, 0.05) is 31.1 Å². The standard InChI is InChI=1S/C13H22N4O3/c1-9(2)11-8-12(16-20-11)15-13(18)14-10-4-6-17(19-3)7-5-10/h8-10H,4-7H2,1-3H3,(H2,14,15,16,18). The maximum Gasteiger partial charge on any atom is 0.320 e. The lowest BCUT2D eigenvalue weighted by Crippen LogP contribution is -2.45. The van der Waals surface area contributed by atoms with Crippen LogP contribution in [-0.2, 0) is 4.84 Å². The molecule has 2 amide bonds. The molecule has 1 fully saturated rings. The number of aromatic nitrogens is 1. The van der Waals surface area contributed by atoms with Gasteiger partial charge in [0.05, 0.1) is 7.11 Å². The average Bonchev–Trinajstić information content (AvgIpc) is 2.88. The van der Waals surface area contributed by atoms with Crippen molar-refractivity contribution in [3.63, 3.8) is 0 Å². The van der Waals surface area contributed by atoms with Gasteiger partial charge in [-0.05, 0) is 12.8 Å². The lowest BCUT2D eigenvalue weighted by Gasteiger charge is -2.30. The summed E-state index contributed by atoms with van der Waals surface area (Å²) in [5.74, 6) is 1.45. The molecule has 0 unspecified atom stereocenters. The van der Waals surface area contributed by atoms with E-state index in [1.807, 2.05) is 18.9 Å². The molecule has 112 valence electrons. The summed E-state index contributed by atoms with van der Waals surface area (Å²) in [6.07, 6.45) is 1.74. The molecule has 0 spiro atoms. The lowest BCUT2D eigenvalue weighted by molar-refractivity contribution is -0.144. The van der Waals surface area contributed by atoms with E-state index in [2.05, 4.69) is 15.8 Å². The molecule has 7 nitrogen and oxygen atoms in total. The Hall–Kier alpha value is -1.60. The number of nitrogens with one attached hydrogen (secondary N) is 2. The molecular formula is C13H22N4O3. The van der Waals surface area contributed by atoms with Crippen LogP contribution >= 0.6 is 0 Å². The van der Waals surface area contributed by atoms with E-state index in [0.717, 1.165) is 31.7 Å². The molecule has 0 atom stereocenters. The van der Waals surface area contributed by atoms with Crippen LogP contribution in [0.3, 0.4) is 0 Å². The summed E-state index contributed by atoms with van der Waals surface area (Å²) in [7, 11) is 1.66. The SMILES string of the molecule is CON1CCC(NC(=O)Nc2cc(C(C)C)on2)CC1. The zero-order chi connectivity index (χ0) is 14.5. The number of rotatable bonds is 4. The third-order valence-corrected chi connectivity index (χ3v) is 3.39. The highest BCUT2D eigenvalue weighted by atomic mass is 16.7. The van der Waals surface area contributed by atoms with E-state index in [1.165, 1.54) is 0 Å². The Balaban J connectivity index is 1.77. The first-order valence-electron chi connectivity index (χ1n) is 6.91. The summed E-state index contributed by atoms with van der Waals surface area (Å²) >= 11 is 0. The van der Waals surface area contributed by atoms with E-state index in [4.69, 9.17) is 9.36 Å². The fourth-order valence-corrected chi connectivity index (χ4v) is 2.14. The van der Waals surface area contributed by atoms with Crippen LogP contribution in [0.4, 0.5) is 10.6 Å². The summed E-state index contributed by atoms with van der Waals surface area (Å²) in [6.45, 7) is 5.66. The Labute approximate surface area is 118 Å². The van der Waals surface area contributed by atoms with E-state index < -0.39 is 0 Å². The molecule has 2 N–H and O–H groups in total. The van der Waals surface area contributed by atoms with E-state index in [9.17, 15) is 4.79 Å². The van der Waals surface area contributed by atoms with Gasteiger partial charge in [-0.15, -0.1) is 0 Å². The summed E-state index contributed by atoms with van der Waals surface area (Å²) in [4.78, 5) is 17.0. The number of hydrogen-bond donors (Lipinski definition) is 2. The zero-order valence-electron chi connectivity index (χ0n) is 12.2. The number of carbonyl (C=O) groups excluding carboxylic acids is 1. The molecule has 0 aromatic carbocycles. The topological polar surface area (TPSA) is 79.6 Å². The lowest BCUT2D eigenvalue weighted by atomic mass is 10.1. The normalized spacial score (nSPS) is 17.4. The van der Waals surface area contributed by atoms with E-state index in [-0.39, 0.29) is 18.0 Å². The predicted octanol–water partition coefficient (Wildman–Crippen LogP) is 1.95. The smallest absolute Gasteiger partial charge is 0.320 e. The first-order chi connectivity index (χ1) is 9.58. The average molecular weight is 282 g/mol. The Kier molecular flexibility index (Phi) is 4.97.